The lowest BCUT2D eigenvalue weighted by Gasteiger charge is -2.15. The summed E-state index contributed by atoms with van der Waals surface area (Å²) in [5.74, 6) is 1.37. The lowest BCUT2D eigenvalue weighted by atomic mass is 10.0. The van der Waals surface area contributed by atoms with Gasteiger partial charge in [0.1, 0.15) is 11.5 Å². The summed E-state index contributed by atoms with van der Waals surface area (Å²) in [6.07, 6.45) is 0.0323. The number of benzene rings is 1. The fourth-order valence-corrected chi connectivity index (χ4v) is 2.57. The minimum atomic E-state index is -0.565. The Morgan fingerprint density at radius 1 is 1.22 bits per heavy atom. The van der Waals surface area contributed by atoms with Crippen molar-refractivity contribution in [3.8, 4) is 11.5 Å². The second-order valence-electron chi connectivity index (χ2n) is 3.91. The molecule has 96 valence electrons. The summed E-state index contributed by atoms with van der Waals surface area (Å²) in [5, 5.41) is 12.3. The average Bonchev–Trinajstić information content (AvgIpc) is 2.90. The van der Waals surface area contributed by atoms with E-state index < -0.39 is 6.10 Å². The Bertz CT molecular complexity index is 494. The highest BCUT2D eigenvalue weighted by molar-refractivity contribution is 7.09. The van der Waals surface area contributed by atoms with Gasteiger partial charge in [0.05, 0.1) is 20.3 Å². The maximum atomic E-state index is 10.3. The van der Waals surface area contributed by atoms with E-state index in [1.165, 1.54) is 0 Å². The van der Waals surface area contributed by atoms with E-state index in [-0.39, 0.29) is 0 Å². The van der Waals surface area contributed by atoms with E-state index in [9.17, 15) is 5.11 Å². The fourth-order valence-electron chi connectivity index (χ4n) is 1.82. The molecule has 0 amide bonds. The molecule has 1 aromatic heterocycles. The van der Waals surface area contributed by atoms with Crippen LogP contribution in [0.15, 0.2) is 35.7 Å². The predicted octanol–water partition coefficient (Wildman–Crippen LogP) is 3.04. The van der Waals surface area contributed by atoms with Gasteiger partial charge in [-0.3, -0.25) is 0 Å². The molecule has 4 heteroatoms. The smallest absolute Gasteiger partial charge is 0.128 e. The number of rotatable bonds is 5. The molecule has 0 aliphatic rings. The van der Waals surface area contributed by atoms with Crippen molar-refractivity contribution in [3.05, 3.63) is 46.2 Å². The Morgan fingerprint density at radius 2 is 2.06 bits per heavy atom. The van der Waals surface area contributed by atoms with Crippen LogP contribution in [0.3, 0.4) is 0 Å². The highest BCUT2D eigenvalue weighted by atomic mass is 32.1. The molecule has 3 nitrogen and oxygen atoms in total. The third kappa shape index (κ3) is 2.83. The first-order valence-corrected chi connectivity index (χ1v) is 6.55. The standard InChI is InChI=1S/C14H16O3S/c1-16-10-5-6-12(14(8-10)17-2)13(15)9-11-4-3-7-18-11/h3-8,13,15H,9H2,1-2H3. The molecule has 2 aromatic rings. The van der Waals surface area contributed by atoms with Crippen LogP contribution >= 0.6 is 11.3 Å². The third-order valence-corrected chi connectivity index (χ3v) is 3.67. The number of thiophene rings is 1. The molecule has 0 spiro atoms. The van der Waals surface area contributed by atoms with Gasteiger partial charge in [0.15, 0.2) is 0 Å². The van der Waals surface area contributed by atoms with Gasteiger partial charge >= 0.3 is 0 Å². The average molecular weight is 264 g/mol. The molecule has 0 bridgehead atoms. The Balaban J connectivity index is 2.21. The van der Waals surface area contributed by atoms with E-state index in [2.05, 4.69) is 0 Å². The first-order valence-electron chi connectivity index (χ1n) is 5.67. The summed E-state index contributed by atoms with van der Waals surface area (Å²) in [5.41, 5.74) is 0.784. The largest absolute Gasteiger partial charge is 0.497 e. The normalized spacial score (nSPS) is 12.2. The number of aliphatic hydroxyl groups is 1. The van der Waals surface area contributed by atoms with Gasteiger partial charge < -0.3 is 14.6 Å². The van der Waals surface area contributed by atoms with Gasteiger partial charge in [-0.2, -0.15) is 0 Å². The van der Waals surface area contributed by atoms with Gasteiger partial charge in [-0.25, -0.2) is 0 Å². The Kier molecular flexibility index (Phi) is 4.23. The van der Waals surface area contributed by atoms with Crippen LogP contribution in [0.1, 0.15) is 16.5 Å². The summed E-state index contributed by atoms with van der Waals surface area (Å²) in [7, 11) is 3.20. The van der Waals surface area contributed by atoms with Gasteiger partial charge in [0, 0.05) is 22.9 Å². The molecule has 1 N–H and O–H groups in total. The van der Waals surface area contributed by atoms with E-state index >= 15 is 0 Å². The van der Waals surface area contributed by atoms with Crippen LogP contribution in [-0.2, 0) is 6.42 Å². The number of methoxy groups -OCH3 is 2. The van der Waals surface area contributed by atoms with Crippen LogP contribution < -0.4 is 9.47 Å². The first-order chi connectivity index (χ1) is 8.74. The molecule has 2 rings (SSSR count). The SMILES string of the molecule is COc1ccc(C(O)Cc2cccs2)c(OC)c1. The van der Waals surface area contributed by atoms with Crippen LogP contribution in [0.5, 0.6) is 11.5 Å². The zero-order valence-electron chi connectivity index (χ0n) is 10.4. The van der Waals surface area contributed by atoms with Crippen molar-refractivity contribution < 1.29 is 14.6 Å². The fraction of sp³-hybridized carbons (Fsp3) is 0.286. The number of hydrogen-bond donors (Lipinski definition) is 1. The Hall–Kier alpha value is -1.52. The topological polar surface area (TPSA) is 38.7 Å². The van der Waals surface area contributed by atoms with E-state index in [4.69, 9.17) is 9.47 Å². The molecule has 0 radical (unpaired) electrons. The van der Waals surface area contributed by atoms with E-state index in [1.807, 2.05) is 29.6 Å². The minimum Gasteiger partial charge on any atom is -0.497 e. The van der Waals surface area contributed by atoms with Crippen molar-refractivity contribution in [2.24, 2.45) is 0 Å². The van der Waals surface area contributed by atoms with Gasteiger partial charge in [0.25, 0.3) is 0 Å². The molecule has 0 fully saturated rings. The number of aliphatic hydroxyl groups excluding tert-OH is 1. The monoisotopic (exact) mass is 264 g/mol. The molecule has 0 aliphatic heterocycles. The van der Waals surface area contributed by atoms with Crippen molar-refractivity contribution >= 4 is 11.3 Å². The molecular formula is C14H16O3S. The Labute approximate surface area is 111 Å². The van der Waals surface area contributed by atoms with Gasteiger partial charge in [-0.05, 0) is 23.6 Å². The maximum Gasteiger partial charge on any atom is 0.128 e. The van der Waals surface area contributed by atoms with E-state index in [1.54, 1.807) is 31.6 Å². The summed E-state index contributed by atoms with van der Waals surface area (Å²) >= 11 is 1.64. The van der Waals surface area contributed by atoms with Crippen LogP contribution in [0.4, 0.5) is 0 Å². The van der Waals surface area contributed by atoms with Gasteiger partial charge in [-0.1, -0.05) is 6.07 Å². The van der Waals surface area contributed by atoms with Crippen molar-refractivity contribution in [2.75, 3.05) is 14.2 Å². The summed E-state index contributed by atoms with van der Waals surface area (Å²) in [6, 6.07) is 9.46. The van der Waals surface area contributed by atoms with Gasteiger partial charge in [0.2, 0.25) is 0 Å². The molecule has 1 heterocycles. The molecule has 0 aliphatic carbocycles. The zero-order valence-corrected chi connectivity index (χ0v) is 11.2. The van der Waals surface area contributed by atoms with Crippen LogP contribution in [0.25, 0.3) is 0 Å². The minimum absolute atomic E-state index is 0.565. The molecule has 0 saturated carbocycles. The van der Waals surface area contributed by atoms with Crippen LogP contribution in [0.2, 0.25) is 0 Å². The summed E-state index contributed by atoms with van der Waals surface area (Å²) < 4.78 is 10.4. The van der Waals surface area contributed by atoms with Gasteiger partial charge in [-0.15, -0.1) is 11.3 Å². The van der Waals surface area contributed by atoms with E-state index in [0.717, 1.165) is 16.2 Å². The maximum absolute atomic E-state index is 10.3. The first kappa shape index (κ1) is 12.9. The van der Waals surface area contributed by atoms with Crippen LogP contribution in [-0.4, -0.2) is 19.3 Å². The molecule has 1 aromatic carbocycles. The highest BCUT2D eigenvalue weighted by Gasteiger charge is 2.15. The summed E-state index contributed by atoms with van der Waals surface area (Å²) in [4.78, 5) is 1.15. The molecular weight excluding hydrogens is 248 g/mol. The number of hydrogen-bond acceptors (Lipinski definition) is 4. The van der Waals surface area contributed by atoms with E-state index in [0.29, 0.717) is 12.2 Å². The van der Waals surface area contributed by atoms with Crippen molar-refractivity contribution in [1.29, 1.82) is 0 Å². The molecule has 1 atom stereocenters. The third-order valence-electron chi connectivity index (χ3n) is 2.77. The second kappa shape index (κ2) is 5.89. The molecule has 1 unspecified atom stereocenters. The second-order valence-corrected chi connectivity index (χ2v) is 4.94. The lowest BCUT2D eigenvalue weighted by Crippen LogP contribution is -2.03. The van der Waals surface area contributed by atoms with Crippen LogP contribution in [0, 0.1) is 0 Å². The van der Waals surface area contributed by atoms with Crippen molar-refractivity contribution in [2.45, 2.75) is 12.5 Å². The molecule has 0 saturated heterocycles. The van der Waals surface area contributed by atoms with Crippen molar-refractivity contribution in [1.82, 2.24) is 0 Å². The lowest BCUT2D eigenvalue weighted by molar-refractivity contribution is 0.175. The quantitative estimate of drug-likeness (QED) is 0.902. The predicted molar refractivity (Wildman–Crippen MR) is 72.5 cm³/mol. The van der Waals surface area contributed by atoms with Crippen molar-refractivity contribution in [3.63, 3.8) is 0 Å². The highest BCUT2D eigenvalue weighted by Crippen LogP contribution is 2.31. The zero-order chi connectivity index (χ0) is 13.0. The Morgan fingerprint density at radius 3 is 2.67 bits per heavy atom. The molecule has 18 heavy (non-hydrogen) atoms. The summed E-state index contributed by atoms with van der Waals surface area (Å²) in [6.45, 7) is 0. The number of ether oxygens (including phenoxy) is 2.